The van der Waals surface area contributed by atoms with Gasteiger partial charge in [0.1, 0.15) is 0 Å². The van der Waals surface area contributed by atoms with Crippen molar-refractivity contribution in [3.8, 4) is 0 Å². The minimum absolute atomic E-state index is 0.152. The van der Waals surface area contributed by atoms with Crippen LogP contribution in [-0.4, -0.2) is 18.5 Å². The Hall–Kier alpha value is -1.49. The maximum absolute atomic E-state index is 13.1. The van der Waals surface area contributed by atoms with Gasteiger partial charge in [0.15, 0.2) is 11.6 Å². The third kappa shape index (κ3) is 3.10. The Morgan fingerprint density at radius 1 is 1.37 bits per heavy atom. The van der Waals surface area contributed by atoms with Crippen LogP contribution in [0, 0.1) is 17.0 Å². The van der Waals surface area contributed by atoms with Crippen LogP contribution >= 0.6 is 0 Å². The number of benzene rings is 1. The number of anilines is 1. The molecule has 0 saturated carbocycles. The molecule has 3 nitrogen and oxygen atoms in total. The van der Waals surface area contributed by atoms with E-state index in [-0.39, 0.29) is 23.1 Å². The first kappa shape index (κ1) is 13.9. The van der Waals surface area contributed by atoms with Gasteiger partial charge < -0.3 is 10.6 Å². The van der Waals surface area contributed by atoms with Gasteiger partial charge in [0.2, 0.25) is 5.91 Å². The van der Waals surface area contributed by atoms with Crippen molar-refractivity contribution in [3.05, 3.63) is 29.8 Å². The Morgan fingerprint density at radius 2 is 2.11 bits per heavy atom. The lowest BCUT2D eigenvalue weighted by Gasteiger charge is -2.38. The Kier molecular flexibility index (Phi) is 3.85. The summed E-state index contributed by atoms with van der Waals surface area (Å²) in [6.45, 7) is 4.84. The number of nitrogens with one attached hydrogen (secondary N) is 2. The highest BCUT2D eigenvalue weighted by molar-refractivity contribution is 5.95. The van der Waals surface area contributed by atoms with Crippen molar-refractivity contribution in [2.75, 3.05) is 11.9 Å². The largest absolute Gasteiger partial charge is 0.325 e. The monoisotopic (exact) mass is 268 g/mol. The summed E-state index contributed by atoms with van der Waals surface area (Å²) in [6, 6.07) is 3.02. The standard InChI is InChI=1S/C14H18F2N2O/c1-14(2)6-3-7-17-12(14)13(19)18-9-4-5-10(15)11(16)8-9/h4-5,8,12,17H,3,6-7H2,1-2H3,(H,18,19). The van der Waals surface area contributed by atoms with Crippen molar-refractivity contribution < 1.29 is 13.6 Å². The second-order valence-electron chi connectivity index (χ2n) is 5.60. The molecule has 1 heterocycles. The molecule has 0 radical (unpaired) electrons. The smallest absolute Gasteiger partial charge is 0.242 e. The van der Waals surface area contributed by atoms with E-state index in [0.29, 0.717) is 0 Å². The number of hydrogen-bond acceptors (Lipinski definition) is 2. The molecule has 1 saturated heterocycles. The van der Waals surface area contributed by atoms with Crippen molar-refractivity contribution in [1.82, 2.24) is 5.32 Å². The van der Waals surface area contributed by atoms with Gasteiger partial charge in [-0.15, -0.1) is 0 Å². The van der Waals surface area contributed by atoms with E-state index in [2.05, 4.69) is 10.6 Å². The highest BCUT2D eigenvalue weighted by Crippen LogP contribution is 2.30. The highest BCUT2D eigenvalue weighted by atomic mass is 19.2. The topological polar surface area (TPSA) is 41.1 Å². The maximum atomic E-state index is 13.1. The van der Waals surface area contributed by atoms with Crippen LogP contribution < -0.4 is 10.6 Å². The fourth-order valence-corrected chi connectivity index (χ4v) is 2.45. The summed E-state index contributed by atoms with van der Waals surface area (Å²) in [5.74, 6) is -2.10. The van der Waals surface area contributed by atoms with E-state index in [4.69, 9.17) is 0 Å². The lowest BCUT2D eigenvalue weighted by atomic mass is 9.77. The molecule has 1 aliphatic heterocycles. The molecule has 5 heteroatoms. The molecule has 1 aromatic carbocycles. The number of rotatable bonds is 2. The van der Waals surface area contributed by atoms with Crippen molar-refractivity contribution in [2.24, 2.45) is 5.41 Å². The molecule has 1 aliphatic rings. The highest BCUT2D eigenvalue weighted by Gasteiger charge is 2.37. The summed E-state index contributed by atoms with van der Waals surface area (Å²) in [7, 11) is 0. The van der Waals surface area contributed by atoms with Gasteiger partial charge in [0, 0.05) is 11.8 Å². The average molecular weight is 268 g/mol. The molecule has 1 unspecified atom stereocenters. The van der Waals surface area contributed by atoms with Gasteiger partial charge >= 0.3 is 0 Å². The minimum atomic E-state index is -0.964. The normalized spacial score (nSPS) is 22.0. The molecule has 2 N–H and O–H groups in total. The number of halogens is 2. The van der Waals surface area contributed by atoms with E-state index in [9.17, 15) is 13.6 Å². The van der Waals surface area contributed by atoms with Crippen molar-refractivity contribution in [2.45, 2.75) is 32.7 Å². The molecular weight excluding hydrogens is 250 g/mol. The SMILES string of the molecule is CC1(C)CCCNC1C(=O)Nc1ccc(F)c(F)c1. The first-order valence-electron chi connectivity index (χ1n) is 6.39. The number of amides is 1. The van der Waals surface area contributed by atoms with Crippen LogP contribution in [0.1, 0.15) is 26.7 Å². The summed E-state index contributed by atoms with van der Waals surface area (Å²) in [5, 5.41) is 5.80. The van der Waals surface area contributed by atoms with E-state index in [1.54, 1.807) is 0 Å². The number of hydrogen-bond donors (Lipinski definition) is 2. The maximum Gasteiger partial charge on any atom is 0.242 e. The van der Waals surface area contributed by atoms with Gasteiger partial charge in [-0.05, 0) is 36.9 Å². The molecule has 0 aromatic heterocycles. The molecule has 1 atom stereocenters. The Balaban J connectivity index is 2.09. The molecule has 1 fully saturated rings. The molecule has 1 aromatic rings. The van der Waals surface area contributed by atoms with Gasteiger partial charge in [-0.25, -0.2) is 8.78 Å². The van der Waals surface area contributed by atoms with Crippen molar-refractivity contribution in [1.29, 1.82) is 0 Å². The van der Waals surface area contributed by atoms with E-state index in [1.807, 2.05) is 13.8 Å². The van der Waals surface area contributed by atoms with Gasteiger partial charge in [-0.1, -0.05) is 13.8 Å². The molecule has 104 valence electrons. The van der Waals surface area contributed by atoms with Crippen LogP contribution in [0.25, 0.3) is 0 Å². The minimum Gasteiger partial charge on any atom is -0.325 e. The van der Waals surface area contributed by atoms with Crippen LogP contribution in [0.3, 0.4) is 0 Å². The Bertz CT molecular complexity index is 488. The predicted molar refractivity (Wildman–Crippen MR) is 69.8 cm³/mol. The fraction of sp³-hybridized carbons (Fsp3) is 0.500. The van der Waals surface area contributed by atoms with Crippen LogP contribution in [0.5, 0.6) is 0 Å². The predicted octanol–water partition coefficient (Wildman–Crippen LogP) is 2.68. The molecule has 0 aliphatic carbocycles. The van der Waals surface area contributed by atoms with Crippen molar-refractivity contribution >= 4 is 11.6 Å². The molecule has 2 rings (SSSR count). The first-order chi connectivity index (χ1) is 8.90. The summed E-state index contributed by atoms with van der Waals surface area (Å²) in [5.41, 5.74) is 0.119. The number of carbonyl (C=O) groups is 1. The molecule has 0 spiro atoms. The summed E-state index contributed by atoms with van der Waals surface area (Å²) < 4.78 is 25.9. The molecular formula is C14H18F2N2O. The van der Waals surface area contributed by atoms with Crippen LogP contribution in [0.2, 0.25) is 0 Å². The van der Waals surface area contributed by atoms with Crippen LogP contribution in [-0.2, 0) is 4.79 Å². The van der Waals surface area contributed by atoms with Crippen LogP contribution in [0.4, 0.5) is 14.5 Å². The zero-order chi connectivity index (χ0) is 14.0. The second-order valence-corrected chi connectivity index (χ2v) is 5.60. The third-order valence-corrected chi connectivity index (χ3v) is 3.58. The fourth-order valence-electron chi connectivity index (χ4n) is 2.45. The molecule has 0 bridgehead atoms. The lowest BCUT2D eigenvalue weighted by Crippen LogP contribution is -2.53. The van der Waals surface area contributed by atoms with Crippen LogP contribution in [0.15, 0.2) is 18.2 Å². The summed E-state index contributed by atoms with van der Waals surface area (Å²) in [4.78, 5) is 12.2. The van der Waals surface area contributed by atoms with Gasteiger partial charge in [-0.3, -0.25) is 4.79 Å². The zero-order valence-electron chi connectivity index (χ0n) is 11.1. The first-order valence-corrected chi connectivity index (χ1v) is 6.39. The second kappa shape index (κ2) is 5.25. The van der Waals surface area contributed by atoms with Gasteiger partial charge in [0.25, 0.3) is 0 Å². The third-order valence-electron chi connectivity index (χ3n) is 3.58. The van der Waals surface area contributed by atoms with Gasteiger partial charge in [0.05, 0.1) is 6.04 Å². The van der Waals surface area contributed by atoms with E-state index >= 15 is 0 Å². The quantitative estimate of drug-likeness (QED) is 0.866. The summed E-state index contributed by atoms with van der Waals surface area (Å²) in [6.07, 6.45) is 1.98. The molecule has 1 amide bonds. The summed E-state index contributed by atoms with van der Waals surface area (Å²) >= 11 is 0. The van der Waals surface area contributed by atoms with Crippen molar-refractivity contribution in [3.63, 3.8) is 0 Å². The number of piperidine rings is 1. The van der Waals surface area contributed by atoms with E-state index in [1.165, 1.54) is 6.07 Å². The average Bonchev–Trinajstić information content (AvgIpc) is 2.33. The lowest BCUT2D eigenvalue weighted by molar-refractivity contribution is -0.121. The Labute approximate surface area is 111 Å². The Morgan fingerprint density at radius 3 is 2.74 bits per heavy atom. The van der Waals surface area contributed by atoms with Gasteiger partial charge in [-0.2, -0.15) is 0 Å². The zero-order valence-corrected chi connectivity index (χ0v) is 11.1. The van der Waals surface area contributed by atoms with E-state index in [0.717, 1.165) is 31.5 Å². The number of carbonyl (C=O) groups excluding carboxylic acids is 1. The van der Waals surface area contributed by atoms with E-state index < -0.39 is 11.6 Å². The molecule has 19 heavy (non-hydrogen) atoms.